The quantitative estimate of drug-likeness (QED) is 0.0770. The molecule has 9 unspecified atom stereocenters. The molecule has 2 aliphatic rings. The smallest absolute Gasteiger partial charge is 0.306 e. The topological polar surface area (TPSA) is 214 Å². The highest BCUT2D eigenvalue weighted by atomic mass is 16.8. The third-order valence-electron chi connectivity index (χ3n) is 8.02. The van der Waals surface area contributed by atoms with E-state index in [2.05, 4.69) is 0 Å². The summed E-state index contributed by atoms with van der Waals surface area (Å²) in [5, 5.41) is 41.8. The molecule has 0 aromatic rings. The molecule has 15 heteroatoms. The molecule has 2 heterocycles. The molecular weight excluding hydrogens is 624 g/mol. The summed E-state index contributed by atoms with van der Waals surface area (Å²) >= 11 is 0. The molecule has 2 aliphatic heterocycles. The maximum Gasteiger partial charge on any atom is 0.306 e. The molecule has 2 fully saturated rings. The fourth-order valence-electron chi connectivity index (χ4n) is 5.49. The van der Waals surface area contributed by atoms with Crippen molar-refractivity contribution in [2.75, 3.05) is 19.8 Å². The van der Waals surface area contributed by atoms with E-state index in [-0.39, 0.29) is 19.3 Å². The van der Waals surface area contributed by atoms with Crippen molar-refractivity contribution >= 4 is 23.9 Å². The summed E-state index contributed by atoms with van der Waals surface area (Å²) in [7, 11) is 0. The third-order valence-corrected chi connectivity index (χ3v) is 8.02. The summed E-state index contributed by atoms with van der Waals surface area (Å²) in [5.74, 6) is -5.27. The number of carbonyl (C=O) groups excluding carboxylic acids is 4. The first-order valence-electron chi connectivity index (χ1n) is 16.8. The van der Waals surface area contributed by atoms with Gasteiger partial charge in [0, 0.05) is 26.2 Å². The molecule has 9 atom stereocenters. The highest BCUT2D eigenvalue weighted by molar-refractivity contribution is 5.71. The van der Waals surface area contributed by atoms with E-state index >= 15 is 0 Å². The van der Waals surface area contributed by atoms with Gasteiger partial charge in [-0.1, -0.05) is 59.3 Å². The van der Waals surface area contributed by atoms with Gasteiger partial charge in [0.1, 0.15) is 24.9 Å². The van der Waals surface area contributed by atoms with Gasteiger partial charge in [0.05, 0.1) is 13.2 Å². The zero-order valence-electron chi connectivity index (χ0n) is 28.0. The van der Waals surface area contributed by atoms with Crippen LogP contribution in [0.2, 0.25) is 0 Å². The molecule has 0 aromatic carbocycles. The van der Waals surface area contributed by atoms with E-state index in [1.54, 1.807) is 0 Å². The Kier molecular flexibility index (Phi) is 18.1. The fraction of sp³-hybridized carbons (Fsp3) is 0.875. The van der Waals surface area contributed by atoms with Crippen molar-refractivity contribution in [1.29, 1.82) is 0 Å². The van der Waals surface area contributed by atoms with Crippen molar-refractivity contribution in [1.82, 2.24) is 0 Å². The van der Waals surface area contributed by atoms with Crippen LogP contribution in [-0.4, -0.2) is 119 Å². The molecule has 2 saturated heterocycles. The number of hydrogen-bond donors (Lipinski definition) is 4. The molecule has 15 nitrogen and oxygen atoms in total. The minimum Gasteiger partial charge on any atom is -0.457 e. The zero-order chi connectivity index (χ0) is 35.0. The number of esters is 4. The maximum atomic E-state index is 13.1. The largest absolute Gasteiger partial charge is 0.457 e. The second kappa shape index (κ2) is 20.9. The second-order valence-electron chi connectivity index (χ2n) is 11.9. The fourth-order valence-corrected chi connectivity index (χ4v) is 5.49. The predicted octanol–water partition coefficient (Wildman–Crippen LogP) is 1.57. The molecule has 0 spiro atoms. The monoisotopic (exact) mass is 678 g/mol. The Balaban J connectivity index is 2.54. The van der Waals surface area contributed by atoms with Crippen molar-refractivity contribution < 1.29 is 72.8 Å². The van der Waals surface area contributed by atoms with Gasteiger partial charge in [-0.05, 0) is 19.3 Å². The van der Waals surface area contributed by atoms with Crippen molar-refractivity contribution in [2.45, 2.75) is 160 Å². The highest BCUT2D eigenvalue weighted by Crippen LogP contribution is 2.39. The van der Waals surface area contributed by atoms with Crippen molar-refractivity contribution in [3.63, 3.8) is 0 Å². The van der Waals surface area contributed by atoms with E-state index in [4.69, 9.17) is 33.2 Å². The summed E-state index contributed by atoms with van der Waals surface area (Å²) in [6.07, 6.45) is -6.23. The van der Waals surface area contributed by atoms with Crippen LogP contribution >= 0.6 is 0 Å². The molecule has 0 bridgehead atoms. The summed E-state index contributed by atoms with van der Waals surface area (Å²) < 4.78 is 40.1. The van der Waals surface area contributed by atoms with Crippen LogP contribution in [0.25, 0.3) is 0 Å². The van der Waals surface area contributed by atoms with Crippen LogP contribution in [0.4, 0.5) is 0 Å². The van der Waals surface area contributed by atoms with Crippen molar-refractivity contribution in [3.8, 4) is 0 Å². The van der Waals surface area contributed by atoms with E-state index in [0.29, 0.717) is 19.3 Å². The summed E-state index contributed by atoms with van der Waals surface area (Å²) in [4.78, 5) is 50.8. The van der Waals surface area contributed by atoms with Gasteiger partial charge < -0.3 is 53.6 Å². The van der Waals surface area contributed by atoms with Crippen LogP contribution in [0.15, 0.2) is 0 Å². The number of aliphatic hydroxyl groups is 4. The van der Waals surface area contributed by atoms with Gasteiger partial charge in [-0.2, -0.15) is 0 Å². The minimum absolute atomic E-state index is 0.000503. The lowest BCUT2D eigenvalue weighted by atomic mass is 9.97. The molecule has 0 aromatic heterocycles. The lowest BCUT2D eigenvalue weighted by Crippen LogP contribution is -2.65. The number of rotatable bonds is 21. The van der Waals surface area contributed by atoms with E-state index in [1.807, 2.05) is 20.8 Å². The predicted molar refractivity (Wildman–Crippen MR) is 162 cm³/mol. The van der Waals surface area contributed by atoms with Gasteiger partial charge in [-0.3, -0.25) is 19.2 Å². The van der Waals surface area contributed by atoms with Gasteiger partial charge in [0.25, 0.3) is 0 Å². The first-order valence-corrected chi connectivity index (χ1v) is 16.8. The Morgan fingerprint density at radius 1 is 0.638 bits per heavy atom. The summed E-state index contributed by atoms with van der Waals surface area (Å²) in [6, 6.07) is 0. The van der Waals surface area contributed by atoms with Crippen LogP contribution < -0.4 is 0 Å². The highest BCUT2D eigenvalue weighted by Gasteiger charge is 2.61. The van der Waals surface area contributed by atoms with Crippen LogP contribution in [0.3, 0.4) is 0 Å². The van der Waals surface area contributed by atoms with E-state index in [1.165, 1.54) is 0 Å². The van der Waals surface area contributed by atoms with Crippen molar-refractivity contribution in [3.05, 3.63) is 0 Å². The van der Waals surface area contributed by atoms with Crippen LogP contribution in [0.1, 0.15) is 105 Å². The molecule has 0 saturated carbocycles. The Morgan fingerprint density at radius 3 is 1.53 bits per heavy atom. The zero-order valence-corrected chi connectivity index (χ0v) is 28.0. The van der Waals surface area contributed by atoms with E-state index < -0.39 is 98.5 Å². The van der Waals surface area contributed by atoms with E-state index in [0.717, 1.165) is 45.4 Å². The number of hydrogen-bond acceptors (Lipinski definition) is 15. The second-order valence-corrected chi connectivity index (χ2v) is 11.9. The third kappa shape index (κ3) is 11.9. The molecule has 0 aliphatic carbocycles. The molecule has 2 rings (SSSR count). The van der Waals surface area contributed by atoms with Gasteiger partial charge in [-0.15, -0.1) is 0 Å². The van der Waals surface area contributed by atoms with Gasteiger partial charge in [0.15, 0.2) is 24.4 Å². The molecule has 0 radical (unpaired) electrons. The Labute approximate surface area is 276 Å². The summed E-state index contributed by atoms with van der Waals surface area (Å²) in [6.45, 7) is 4.40. The van der Waals surface area contributed by atoms with Crippen LogP contribution in [0.5, 0.6) is 0 Å². The SMILES string of the molecule is CCCCCC(=O)OC1C(CO)OC(OC2(CO)OC(CO)C(OC(C)=O)C2O)C(OC(=O)CCCCC)C1OC(=O)CCCCC. The standard InChI is InChI=1S/C32H54O15/c1-5-8-11-14-23(37)43-26-21(17-33)42-31(47-32(19-35)30(40)27(41-20(4)36)22(18-34)46-32)29(45-25(39)16-13-10-7-3)28(26)44-24(38)15-12-9-6-2/h21-22,26-31,33-35,40H,5-19H2,1-4H3. The average molecular weight is 679 g/mol. The number of aliphatic hydroxyl groups excluding tert-OH is 4. The molecular formula is C32H54O15. The number of ether oxygens (including phenoxy) is 7. The maximum absolute atomic E-state index is 13.1. The van der Waals surface area contributed by atoms with Gasteiger partial charge in [-0.25, -0.2) is 0 Å². The first-order chi connectivity index (χ1) is 22.5. The van der Waals surface area contributed by atoms with Crippen molar-refractivity contribution in [2.24, 2.45) is 0 Å². The minimum atomic E-state index is -2.40. The lowest BCUT2D eigenvalue weighted by Gasteiger charge is -2.46. The molecule has 272 valence electrons. The first kappa shape index (κ1) is 40.8. The van der Waals surface area contributed by atoms with E-state index in [9.17, 15) is 39.6 Å². The van der Waals surface area contributed by atoms with Crippen LogP contribution in [0, 0.1) is 0 Å². The number of unbranched alkanes of at least 4 members (excludes halogenated alkanes) is 6. The Morgan fingerprint density at radius 2 is 1.11 bits per heavy atom. The normalized spacial score (nSPS) is 30.5. The Hall–Kier alpha value is -2.40. The molecule has 4 N–H and O–H groups in total. The van der Waals surface area contributed by atoms with Gasteiger partial charge >= 0.3 is 23.9 Å². The summed E-state index contributed by atoms with van der Waals surface area (Å²) in [5.41, 5.74) is 0. The molecule has 0 amide bonds. The molecule has 47 heavy (non-hydrogen) atoms. The Bertz CT molecular complexity index is 976. The average Bonchev–Trinajstić information content (AvgIpc) is 3.29. The number of carbonyl (C=O) groups is 4. The van der Waals surface area contributed by atoms with Crippen LogP contribution in [-0.2, 0) is 52.3 Å². The van der Waals surface area contributed by atoms with Gasteiger partial charge in [0.2, 0.25) is 12.1 Å². The lowest BCUT2D eigenvalue weighted by molar-refractivity contribution is -0.384.